The molecule has 8 nitrogen and oxygen atoms in total. The van der Waals surface area contributed by atoms with Crippen molar-refractivity contribution in [3.8, 4) is 17.3 Å². The van der Waals surface area contributed by atoms with Gasteiger partial charge in [0.15, 0.2) is 5.82 Å². The maximum absolute atomic E-state index is 10.3. The summed E-state index contributed by atoms with van der Waals surface area (Å²) in [5.41, 5.74) is 12.2. The van der Waals surface area contributed by atoms with E-state index < -0.39 is 0 Å². The normalized spacial score (nSPS) is 20.3. The lowest BCUT2D eigenvalue weighted by Crippen LogP contribution is -2.43. The highest BCUT2D eigenvalue weighted by atomic mass is 16.3. The maximum Gasteiger partial charge on any atom is 0.225 e. The molecular formula is C30H27N7O. The number of fused-ring (bicyclic) bond motifs is 1. The fraction of sp³-hybridized carbons (Fsp3) is 0.167. The summed E-state index contributed by atoms with van der Waals surface area (Å²) < 4.78 is 1.80. The van der Waals surface area contributed by atoms with E-state index in [1.165, 1.54) is 18.9 Å². The third-order valence-corrected chi connectivity index (χ3v) is 7.18. The number of allylic oxidation sites excluding steroid dienone is 3. The molecule has 1 fully saturated rings. The van der Waals surface area contributed by atoms with Gasteiger partial charge < -0.3 is 10.8 Å². The van der Waals surface area contributed by atoms with Gasteiger partial charge in [-0.15, -0.1) is 10.2 Å². The Kier molecular flexibility index (Phi) is 6.01. The van der Waals surface area contributed by atoms with Gasteiger partial charge in [0.05, 0.1) is 11.4 Å². The molecule has 0 spiro atoms. The highest BCUT2D eigenvalue weighted by Gasteiger charge is 2.34. The Bertz CT molecular complexity index is 1590. The summed E-state index contributed by atoms with van der Waals surface area (Å²) in [4.78, 5) is 12.9. The number of rotatable bonds is 4. The Balaban J connectivity index is 1.46. The van der Waals surface area contributed by atoms with Crippen LogP contribution in [0.3, 0.4) is 0 Å². The molecule has 3 N–H and O–H groups in total. The van der Waals surface area contributed by atoms with Gasteiger partial charge in [-0.05, 0) is 36.5 Å². The fourth-order valence-corrected chi connectivity index (χ4v) is 4.87. The summed E-state index contributed by atoms with van der Waals surface area (Å²) in [5.74, 6) is 0.959. The van der Waals surface area contributed by atoms with Crippen molar-refractivity contribution < 1.29 is 5.11 Å². The van der Waals surface area contributed by atoms with E-state index in [0.717, 1.165) is 40.8 Å². The van der Waals surface area contributed by atoms with Crippen LogP contribution in [-0.4, -0.2) is 35.6 Å². The van der Waals surface area contributed by atoms with E-state index in [1.807, 2.05) is 24.3 Å². The molecule has 2 aromatic heterocycles. The molecule has 1 aliphatic heterocycles. The molecule has 4 aromatic rings. The van der Waals surface area contributed by atoms with Crippen molar-refractivity contribution in [2.24, 2.45) is 10.7 Å². The quantitative estimate of drug-likeness (QED) is 0.411. The first-order valence-electron chi connectivity index (χ1n) is 12.6. The highest BCUT2D eigenvalue weighted by Crippen LogP contribution is 2.39. The molecule has 0 bridgehead atoms. The average molecular weight is 502 g/mol. The summed E-state index contributed by atoms with van der Waals surface area (Å²) in [5, 5.41) is 19.0. The van der Waals surface area contributed by atoms with Crippen molar-refractivity contribution in [3.63, 3.8) is 0 Å². The van der Waals surface area contributed by atoms with Crippen molar-refractivity contribution in [1.82, 2.24) is 24.7 Å². The Morgan fingerprint density at radius 2 is 1.76 bits per heavy atom. The van der Waals surface area contributed by atoms with Crippen LogP contribution in [0, 0.1) is 0 Å². The first-order valence-corrected chi connectivity index (χ1v) is 12.6. The lowest BCUT2D eigenvalue weighted by atomic mass is 9.72. The summed E-state index contributed by atoms with van der Waals surface area (Å²) in [6.07, 6.45) is 12.2. The van der Waals surface area contributed by atoms with E-state index in [4.69, 9.17) is 10.7 Å². The van der Waals surface area contributed by atoms with E-state index in [2.05, 4.69) is 69.2 Å². The average Bonchev–Trinajstić information content (AvgIpc) is 3.33. The summed E-state index contributed by atoms with van der Waals surface area (Å²) in [6.45, 7) is 4.20. The topological polar surface area (TPSA) is 115 Å². The lowest BCUT2D eigenvalue weighted by molar-refractivity contribution is 0.253. The molecule has 1 saturated carbocycles. The van der Waals surface area contributed by atoms with Gasteiger partial charge >= 0.3 is 0 Å². The standard InChI is InChI=1S/C30H27N7O/c1-20-14-17-37-26(35-36-28(37)25-18-32-19-33-29(25)38)13-12-24(21-6-3-2-4-7-21)27(34-20)22-8-10-23(11-9-22)30(31)15-5-16-30/h2-4,6-12,14,17-19H,1,5,13,15-16,31H2,(H,32,33,38)/b17-14-,24-12-,34-27-. The molecule has 3 heterocycles. The fourth-order valence-electron chi connectivity index (χ4n) is 4.87. The Morgan fingerprint density at radius 1 is 0.974 bits per heavy atom. The zero-order chi connectivity index (χ0) is 26.1. The van der Waals surface area contributed by atoms with Gasteiger partial charge in [-0.2, -0.15) is 0 Å². The van der Waals surface area contributed by atoms with Crippen molar-refractivity contribution >= 4 is 17.5 Å². The SMILES string of the molecule is C=C1/C=C\n2c(nnc2-c2cncnc2O)C/C=C(c2ccccc2)\C(c2ccc(C3(N)CCC3)cc2)=N/1. The molecule has 38 heavy (non-hydrogen) atoms. The van der Waals surface area contributed by atoms with Crippen LogP contribution in [0.2, 0.25) is 0 Å². The Hall–Kier alpha value is -4.69. The third-order valence-electron chi connectivity index (χ3n) is 7.18. The number of aromatic nitrogens is 5. The molecule has 0 saturated heterocycles. The Morgan fingerprint density at radius 3 is 2.47 bits per heavy atom. The number of nitrogens with zero attached hydrogens (tertiary/aromatic N) is 6. The van der Waals surface area contributed by atoms with Crippen LogP contribution in [-0.2, 0) is 12.0 Å². The van der Waals surface area contributed by atoms with E-state index >= 15 is 0 Å². The number of benzene rings is 2. The molecule has 0 radical (unpaired) electrons. The molecule has 2 aliphatic rings. The second-order valence-electron chi connectivity index (χ2n) is 9.61. The highest BCUT2D eigenvalue weighted by molar-refractivity contribution is 6.32. The zero-order valence-corrected chi connectivity index (χ0v) is 20.8. The molecule has 6 rings (SSSR count). The smallest absolute Gasteiger partial charge is 0.225 e. The summed E-state index contributed by atoms with van der Waals surface area (Å²) in [7, 11) is 0. The minimum Gasteiger partial charge on any atom is -0.493 e. The van der Waals surface area contributed by atoms with Gasteiger partial charge in [-0.25, -0.2) is 15.0 Å². The minimum atomic E-state index is -0.221. The first-order chi connectivity index (χ1) is 18.5. The van der Waals surface area contributed by atoms with Gasteiger partial charge in [0.1, 0.15) is 17.7 Å². The molecule has 0 atom stereocenters. The molecule has 188 valence electrons. The van der Waals surface area contributed by atoms with Gasteiger partial charge in [0.2, 0.25) is 5.88 Å². The third kappa shape index (κ3) is 4.35. The molecular weight excluding hydrogens is 474 g/mol. The molecule has 0 amide bonds. The Labute approximate surface area is 220 Å². The monoisotopic (exact) mass is 501 g/mol. The van der Waals surface area contributed by atoms with Crippen molar-refractivity contribution in [2.75, 3.05) is 0 Å². The summed E-state index contributed by atoms with van der Waals surface area (Å²) in [6, 6.07) is 18.6. The second-order valence-corrected chi connectivity index (χ2v) is 9.61. The largest absolute Gasteiger partial charge is 0.493 e. The van der Waals surface area contributed by atoms with Crippen LogP contribution >= 0.6 is 0 Å². The lowest BCUT2D eigenvalue weighted by Gasteiger charge is -2.38. The molecule has 0 unspecified atom stereocenters. The van der Waals surface area contributed by atoms with E-state index in [-0.39, 0.29) is 11.4 Å². The predicted molar refractivity (Wildman–Crippen MR) is 148 cm³/mol. The molecule has 2 aromatic carbocycles. The number of hydrogen-bond donors (Lipinski definition) is 2. The van der Waals surface area contributed by atoms with Crippen LogP contribution in [0.5, 0.6) is 5.88 Å². The van der Waals surface area contributed by atoms with Gasteiger partial charge in [-0.1, -0.05) is 67.3 Å². The van der Waals surface area contributed by atoms with Crippen molar-refractivity contribution in [2.45, 2.75) is 31.2 Å². The van der Waals surface area contributed by atoms with Crippen LogP contribution < -0.4 is 5.73 Å². The van der Waals surface area contributed by atoms with E-state index in [1.54, 1.807) is 10.8 Å². The minimum absolute atomic E-state index is 0.162. The van der Waals surface area contributed by atoms with E-state index in [9.17, 15) is 5.11 Å². The number of hydrogen-bond acceptors (Lipinski definition) is 7. The number of aromatic hydroxyl groups is 1. The number of aliphatic imine (C=N–C) groups is 1. The van der Waals surface area contributed by atoms with Crippen molar-refractivity contribution in [3.05, 3.63) is 114 Å². The first kappa shape index (κ1) is 23.7. The van der Waals surface area contributed by atoms with Crippen LogP contribution in [0.25, 0.3) is 23.2 Å². The van der Waals surface area contributed by atoms with Crippen LogP contribution in [0.1, 0.15) is 41.8 Å². The second kappa shape index (κ2) is 9.64. The van der Waals surface area contributed by atoms with Crippen molar-refractivity contribution in [1.29, 1.82) is 0 Å². The predicted octanol–water partition coefficient (Wildman–Crippen LogP) is 4.89. The van der Waals surface area contributed by atoms with Gasteiger partial charge in [-0.3, -0.25) is 4.57 Å². The van der Waals surface area contributed by atoms with Crippen LogP contribution in [0.4, 0.5) is 0 Å². The molecule has 8 heteroatoms. The molecule has 1 aliphatic carbocycles. The van der Waals surface area contributed by atoms with E-state index in [0.29, 0.717) is 29.3 Å². The zero-order valence-electron chi connectivity index (χ0n) is 20.8. The van der Waals surface area contributed by atoms with Gasteiger partial charge in [0, 0.05) is 35.5 Å². The maximum atomic E-state index is 10.3. The number of nitrogens with two attached hydrogens (primary N) is 1. The van der Waals surface area contributed by atoms with Crippen LogP contribution in [0.15, 0.2) is 96.5 Å². The van der Waals surface area contributed by atoms with Gasteiger partial charge in [0.25, 0.3) is 0 Å². The summed E-state index contributed by atoms with van der Waals surface area (Å²) >= 11 is 0.